The second-order valence-electron chi connectivity index (χ2n) is 3.57. The van der Waals surface area contributed by atoms with E-state index in [1.54, 1.807) is 14.2 Å². The van der Waals surface area contributed by atoms with Crippen LogP contribution >= 0.6 is 0 Å². The monoisotopic (exact) mass is 205 g/mol. The Morgan fingerprint density at radius 1 is 1.20 bits per heavy atom. The lowest BCUT2D eigenvalue weighted by molar-refractivity contribution is -0.00539. The number of hydrogen-bond donors (Lipinski definition) is 0. The Morgan fingerprint density at radius 2 is 1.93 bits per heavy atom. The molecule has 0 amide bonds. The fourth-order valence-corrected chi connectivity index (χ4v) is 1.88. The lowest BCUT2D eigenvalue weighted by atomic mass is 10.0. The molecule has 80 valence electrons. The van der Waals surface area contributed by atoms with Crippen molar-refractivity contribution >= 4 is 6.21 Å². The Labute approximate surface area is 89.7 Å². The lowest BCUT2D eigenvalue weighted by Crippen LogP contribution is -2.22. The predicted molar refractivity (Wildman–Crippen MR) is 59.4 cm³/mol. The number of hydrogen-bond acceptors (Lipinski definition) is 3. The van der Waals surface area contributed by atoms with E-state index in [4.69, 9.17) is 9.47 Å². The molecule has 0 spiro atoms. The van der Waals surface area contributed by atoms with Crippen LogP contribution in [0.1, 0.15) is 18.4 Å². The highest BCUT2D eigenvalue weighted by Gasteiger charge is 2.33. The van der Waals surface area contributed by atoms with Crippen LogP contribution in [0.2, 0.25) is 0 Å². The van der Waals surface area contributed by atoms with Gasteiger partial charge in [-0.15, -0.1) is 0 Å². The van der Waals surface area contributed by atoms with Gasteiger partial charge in [-0.1, -0.05) is 12.1 Å². The number of benzene rings is 1. The normalized spacial score (nSPS) is 24.4. The van der Waals surface area contributed by atoms with E-state index < -0.39 is 5.72 Å². The van der Waals surface area contributed by atoms with Gasteiger partial charge >= 0.3 is 0 Å². The molecule has 1 aromatic carbocycles. The smallest absolute Gasteiger partial charge is 0.184 e. The predicted octanol–water partition coefficient (Wildman–Crippen LogP) is 2.36. The van der Waals surface area contributed by atoms with Crippen LogP contribution in [0.3, 0.4) is 0 Å². The van der Waals surface area contributed by atoms with E-state index in [0.717, 1.165) is 24.2 Å². The molecule has 0 saturated carbocycles. The third-order valence-electron chi connectivity index (χ3n) is 2.79. The molecule has 0 N–H and O–H groups in total. The molecule has 1 aliphatic heterocycles. The highest BCUT2D eigenvalue weighted by molar-refractivity contribution is 5.61. The maximum absolute atomic E-state index is 5.52. The van der Waals surface area contributed by atoms with E-state index in [1.165, 1.54) is 0 Å². The van der Waals surface area contributed by atoms with Crippen molar-refractivity contribution in [1.29, 1.82) is 0 Å². The van der Waals surface area contributed by atoms with E-state index in [-0.39, 0.29) is 0 Å². The van der Waals surface area contributed by atoms with Crippen LogP contribution in [-0.4, -0.2) is 20.4 Å². The summed E-state index contributed by atoms with van der Waals surface area (Å²) in [5, 5.41) is 0. The summed E-state index contributed by atoms with van der Waals surface area (Å²) >= 11 is 0. The summed E-state index contributed by atoms with van der Waals surface area (Å²) in [5.74, 6) is 0.854. The van der Waals surface area contributed by atoms with E-state index >= 15 is 0 Å². The number of aliphatic imine (C=N–C) groups is 1. The van der Waals surface area contributed by atoms with E-state index in [2.05, 4.69) is 4.99 Å². The molecule has 15 heavy (non-hydrogen) atoms. The van der Waals surface area contributed by atoms with E-state index in [9.17, 15) is 0 Å². The molecule has 2 rings (SSSR count). The second kappa shape index (κ2) is 4.03. The van der Waals surface area contributed by atoms with Gasteiger partial charge in [-0.25, -0.2) is 0 Å². The highest BCUT2D eigenvalue weighted by Crippen LogP contribution is 2.35. The van der Waals surface area contributed by atoms with Crippen LogP contribution in [0.5, 0.6) is 5.75 Å². The van der Waals surface area contributed by atoms with Crippen LogP contribution in [0.25, 0.3) is 0 Å². The Bertz CT molecular complexity index is 358. The molecular weight excluding hydrogens is 190 g/mol. The molecule has 1 heterocycles. The van der Waals surface area contributed by atoms with Crippen LogP contribution in [0.15, 0.2) is 29.3 Å². The van der Waals surface area contributed by atoms with Crippen LogP contribution < -0.4 is 4.74 Å². The molecule has 3 heteroatoms. The van der Waals surface area contributed by atoms with Crippen molar-refractivity contribution in [2.24, 2.45) is 4.99 Å². The standard InChI is InChI=1S/C12H15NO2/c1-14-11-6-4-10(5-7-11)12(15-2)8-3-9-13-12/h4-7,9H,3,8H2,1-2H3. The summed E-state index contributed by atoms with van der Waals surface area (Å²) in [6.07, 6.45) is 3.81. The molecule has 0 bridgehead atoms. The van der Waals surface area contributed by atoms with Gasteiger partial charge in [0.1, 0.15) is 5.75 Å². The zero-order valence-corrected chi connectivity index (χ0v) is 9.06. The molecular formula is C12H15NO2. The zero-order valence-electron chi connectivity index (χ0n) is 9.06. The highest BCUT2D eigenvalue weighted by atomic mass is 16.5. The first-order valence-electron chi connectivity index (χ1n) is 5.04. The molecule has 0 saturated heterocycles. The van der Waals surface area contributed by atoms with Gasteiger partial charge in [0.15, 0.2) is 5.72 Å². The average Bonchev–Trinajstić information content (AvgIpc) is 2.79. The Morgan fingerprint density at radius 3 is 2.40 bits per heavy atom. The first-order valence-corrected chi connectivity index (χ1v) is 5.04. The topological polar surface area (TPSA) is 30.8 Å². The molecule has 3 nitrogen and oxygen atoms in total. The quantitative estimate of drug-likeness (QED) is 0.758. The third-order valence-corrected chi connectivity index (χ3v) is 2.79. The van der Waals surface area contributed by atoms with Crippen molar-refractivity contribution < 1.29 is 9.47 Å². The summed E-state index contributed by atoms with van der Waals surface area (Å²) in [5.41, 5.74) is 0.617. The summed E-state index contributed by atoms with van der Waals surface area (Å²) in [6, 6.07) is 7.88. The fraction of sp³-hybridized carbons (Fsp3) is 0.417. The van der Waals surface area contributed by atoms with Crippen molar-refractivity contribution in [1.82, 2.24) is 0 Å². The fourth-order valence-electron chi connectivity index (χ4n) is 1.88. The van der Waals surface area contributed by atoms with Crippen molar-refractivity contribution in [2.45, 2.75) is 18.6 Å². The van der Waals surface area contributed by atoms with Gasteiger partial charge in [0, 0.05) is 25.3 Å². The molecule has 0 aromatic heterocycles. The largest absolute Gasteiger partial charge is 0.497 e. The van der Waals surface area contributed by atoms with Gasteiger partial charge in [-0.3, -0.25) is 4.99 Å². The minimum Gasteiger partial charge on any atom is -0.497 e. The van der Waals surface area contributed by atoms with Crippen molar-refractivity contribution in [2.75, 3.05) is 14.2 Å². The molecule has 1 unspecified atom stereocenters. The number of methoxy groups -OCH3 is 2. The van der Waals surface area contributed by atoms with Gasteiger partial charge in [0.25, 0.3) is 0 Å². The summed E-state index contributed by atoms with van der Waals surface area (Å²) < 4.78 is 10.6. The minimum absolute atomic E-state index is 0.466. The molecule has 0 aliphatic carbocycles. The summed E-state index contributed by atoms with van der Waals surface area (Å²) in [7, 11) is 3.36. The number of rotatable bonds is 3. The number of ether oxygens (including phenoxy) is 2. The van der Waals surface area contributed by atoms with E-state index in [1.807, 2.05) is 30.5 Å². The van der Waals surface area contributed by atoms with Crippen LogP contribution in [0, 0.1) is 0 Å². The SMILES string of the molecule is COc1ccc(C2(OC)CCC=N2)cc1. The Hall–Kier alpha value is -1.35. The second-order valence-corrected chi connectivity index (χ2v) is 3.57. The lowest BCUT2D eigenvalue weighted by Gasteiger charge is -2.24. The molecule has 0 fully saturated rings. The van der Waals surface area contributed by atoms with Crippen LogP contribution in [0.4, 0.5) is 0 Å². The minimum atomic E-state index is -0.466. The Kier molecular flexibility index (Phi) is 2.73. The van der Waals surface area contributed by atoms with Gasteiger partial charge in [-0.05, 0) is 18.6 Å². The van der Waals surface area contributed by atoms with Gasteiger partial charge < -0.3 is 9.47 Å². The summed E-state index contributed by atoms with van der Waals surface area (Å²) in [4.78, 5) is 4.42. The molecule has 1 atom stereocenters. The Balaban J connectivity index is 2.31. The summed E-state index contributed by atoms with van der Waals surface area (Å²) in [6.45, 7) is 0. The van der Waals surface area contributed by atoms with Crippen molar-refractivity contribution in [3.8, 4) is 5.75 Å². The van der Waals surface area contributed by atoms with Gasteiger partial charge in [0.2, 0.25) is 0 Å². The first-order chi connectivity index (χ1) is 7.30. The number of nitrogens with zero attached hydrogens (tertiary/aromatic N) is 1. The van der Waals surface area contributed by atoms with Crippen LogP contribution in [-0.2, 0) is 10.5 Å². The maximum Gasteiger partial charge on any atom is 0.184 e. The van der Waals surface area contributed by atoms with Crippen molar-refractivity contribution in [3.63, 3.8) is 0 Å². The van der Waals surface area contributed by atoms with Gasteiger partial charge in [0.05, 0.1) is 7.11 Å². The zero-order chi connectivity index (χ0) is 10.7. The van der Waals surface area contributed by atoms with E-state index in [0.29, 0.717) is 0 Å². The van der Waals surface area contributed by atoms with Gasteiger partial charge in [-0.2, -0.15) is 0 Å². The molecule has 1 aliphatic rings. The third kappa shape index (κ3) is 1.75. The van der Waals surface area contributed by atoms with Crippen molar-refractivity contribution in [3.05, 3.63) is 29.8 Å². The molecule has 1 aromatic rings. The average molecular weight is 205 g/mol. The molecule has 0 radical (unpaired) electrons. The first kappa shape index (κ1) is 10.2. The maximum atomic E-state index is 5.52.